The van der Waals surface area contributed by atoms with Crippen LogP contribution in [0.15, 0.2) is 30.3 Å². The Balaban J connectivity index is 1.92. The highest BCUT2D eigenvalue weighted by atomic mass is 16.5. The van der Waals surface area contributed by atoms with Gasteiger partial charge in [0, 0.05) is 6.54 Å². The fourth-order valence-electron chi connectivity index (χ4n) is 2.92. The largest absolute Gasteiger partial charge is 0.459 e. The molecule has 1 saturated heterocycles. The van der Waals surface area contributed by atoms with E-state index in [2.05, 4.69) is 0 Å². The maximum atomic E-state index is 12.5. The molecule has 1 amide bonds. The minimum atomic E-state index is -0.544. The van der Waals surface area contributed by atoms with E-state index in [9.17, 15) is 9.59 Å². The van der Waals surface area contributed by atoms with Gasteiger partial charge in [-0.25, -0.2) is 4.79 Å². The lowest BCUT2D eigenvalue weighted by atomic mass is 10.0. The summed E-state index contributed by atoms with van der Waals surface area (Å²) in [5, 5.41) is 0. The highest BCUT2D eigenvalue weighted by Gasteiger charge is 2.37. The molecule has 0 aliphatic carbocycles. The number of hydrogen-bond donors (Lipinski definition) is 1. The lowest BCUT2D eigenvalue weighted by Gasteiger charge is -2.26. The summed E-state index contributed by atoms with van der Waals surface area (Å²) in [6.45, 7) is 4.87. The second-order valence-corrected chi connectivity index (χ2v) is 6.52. The normalized spacial score (nSPS) is 19.0. The van der Waals surface area contributed by atoms with Crippen molar-refractivity contribution >= 4 is 11.9 Å². The van der Waals surface area contributed by atoms with Crippen LogP contribution in [0.2, 0.25) is 0 Å². The molecule has 1 aliphatic rings. The Morgan fingerprint density at radius 1 is 1.30 bits per heavy atom. The van der Waals surface area contributed by atoms with Gasteiger partial charge in [-0.05, 0) is 30.7 Å². The Bertz CT molecular complexity index is 530. The third-order valence-electron chi connectivity index (χ3n) is 4.07. The summed E-state index contributed by atoms with van der Waals surface area (Å²) in [7, 11) is 0. The third kappa shape index (κ3) is 4.79. The van der Waals surface area contributed by atoms with E-state index in [4.69, 9.17) is 10.5 Å². The first-order valence-electron chi connectivity index (χ1n) is 8.25. The Morgan fingerprint density at radius 2 is 2.00 bits per heavy atom. The van der Waals surface area contributed by atoms with Crippen LogP contribution in [0.5, 0.6) is 0 Å². The van der Waals surface area contributed by atoms with Crippen LogP contribution in [-0.4, -0.2) is 35.4 Å². The van der Waals surface area contributed by atoms with E-state index < -0.39 is 12.1 Å². The van der Waals surface area contributed by atoms with Crippen molar-refractivity contribution < 1.29 is 14.3 Å². The number of carbonyl (C=O) groups is 2. The summed E-state index contributed by atoms with van der Waals surface area (Å²) >= 11 is 0. The topological polar surface area (TPSA) is 72.6 Å². The second-order valence-electron chi connectivity index (χ2n) is 6.52. The molecule has 2 rings (SSSR count). The minimum Gasteiger partial charge on any atom is -0.459 e. The summed E-state index contributed by atoms with van der Waals surface area (Å²) in [6, 6.07) is 8.49. The number of hydrogen-bond acceptors (Lipinski definition) is 4. The zero-order valence-electron chi connectivity index (χ0n) is 13.9. The number of ether oxygens (including phenoxy) is 1. The molecule has 0 unspecified atom stereocenters. The van der Waals surface area contributed by atoms with Gasteiger partial charge in [-0.15, -0.1) is 0 Å². The monoisotopic (exact) mass is 318 g/mol. The van der Waals surface area contributed by atoms with Crippen molar-refractivity contribution in [1.82, 2.24) is 4.90 Å². The second kappa shape index (κ2) is 8.11. The smallest absolute Gasteiger partial charge is 0.329 e. The number of carbonyl (C=O) groups excluding carboxylic acids is 2. The number of esters is 1. The van der Waals surface area contributed by atoms with Crippen molar-refractivity contribution in [2.75, 3.05) is 6.54 Å². The van der Waals surface area contributed by atoms with E-state index in [1.165, 1.54) is 0 Å². The first kappa shape index (κ1) is 17.5. The lowest BCUT2D eigenvalue weighted by molar-refractivity contribution is -0.155. The summed E-state index contributed by atoms with van der Waals surface area (Å²) < 4.78 is 5.38. The van der Waals surface area contributed by atoms with Crippen LogP contribution in [0.4, 0.5) is 0 Å². The molecule has 0 saturated carbocycles. The lowest BCUT2D eigenvalue weighted by Crippen LogP contribution is -2.49. The highest BCUT2D eigenvalue weighted by molar-refractivity contribution is 5.88. The van der Waals surface area contributed by atoms with Crippen LogP contribution in [0.3, 0.4) is 0 Å². The van der Waals surface area contributed by atoms with Crippen molar-refractivity contribution in [3.8, 4) is 0 Å². The molecule has 1 aliphatic heterocycles. The molecule has 1 fully saturated rings. The van der Waals surface area contributed by atoms with E-state index in [1.54, 1.807) is 4.90 Å². The summed E-state index contributed by atoms with van der Waals surface area (Å²) in [5.74, 6) is -0.130. The van der Waals surface area contributed by atoms with Crippen molar-refractivity contribution in [1.29, 1.82) is 0 Å². The molecule has 0 bridgehead atoms. The average Bonchev–Trinajstić information content (AvgIpc) is 3.01. The summed E-state index contributed by atoms with van der Waals surface area (Å²) in [6.07, 6.45) is 2.08. The van der Waals surface area contributed by atoms with E-state index in [-0.39, 0.29) is 18.5 Å². The zero-order chi connectivity index (χ0) is 16.8. The predicted octanol–water partition coefficient (Wildman–Crippen LogP) is 2.09. The molecule has 2 atom stereocenters. The van der Waals surface area contributed by atoms with Crippen LogP contribution in [-0.2, 0) is 20.9 Å². The van der Waals surface area contributed by atoms with Gasteiger partial charge in [-0.3, -0.25) is 4.79 Å². The Hall–Kier alpha value is -1.88. The van der Waals surface area contributed by atoms with Crippen LogP contribution >= 0.6 is 0 Å². The molecule has 5 nitrogen and oxygen atoms in total. The molecule has 126 valence electrons. The highest BCUT2D eigenvalue weighted by Crippen LogP contribution is 2.21. The number of nitrogens with two attached hydrogens (primary N) is 1. The molecular weight excluding hydrogens is 292 g/mol. The number of nitrogens with zero attached hydrogens (tertiary/aromatic N) is 1. The third-order valence-corrected chi connectivity index (χ3v) is 4.07. The zero-order valence-corrected chi connectivity index (χ0v) is 13.9. The van der Waals surface area contributed by atoms with E-state index in [1.807, 2.05) is 44.2 Å². The van der Waals surface area contributed by atoms with Gasteiger partial charge < -0.3 is 15.4 Å². The standard InChI is InChI=1S/C18H26N2O3/c1-13(2)11-15(19)17(21)20-10-6-9-16(20)18(22)23-12-14-7-4-3-5-8-14/h3-5,7-8,13,15-16H,6,9-12,19H2,1-2H3/t15-,16-/m0/s1. The predicted molar refractivity (Wildman–Crippen MR) is 88.4 cm³/mol. The number of likely N-dealkylation sites (tertiary alicyclic amines) is 1. The van der Waals surface area contributed by atoms with Crippen LogP contribution in [0.1, 0.15) is 38.7 Å². The Morgan fingerprint density at radius 3 is 2.65 bits per heavy atom. The molecule has 5 heteroatoms. The number of amides is 1. The summed E-state index contributed by atoms with van der Waals surface area (Å²) in [5.41, 5.74) is 6.92. The molecule has 2 N–H and O–H groups in total. The fraction of sp³-hybridized carbons (Fsp3) is 0.556. The molecule has 1 heterocycles. The van der Waals surface area contributed by atoms with E-state index in [0.717, 1.165) is 12.0 Å². The van der Waals surface area contributed by atoms with Crippen molar-refractivity contribution in [3.05, 3.63) is 35.9 Å². The number of rotatable bonds is 6. The van der Waals surface area contributed by atoms with Gasteiger partial charge in [0.25, 0.3) is 0 Å². The average molecular weight is 318 g/mol. The first-order chi connectivity index (χ1) is 11.0. The van der Waals surface area contributed by atoms with Gasteiger partial charge in [-0.1, -0.05) is 44.2 Å². The number of benzene rings is 1. The molecule has 1 aromatic carbocycles. The van der Waals surface area contributed by atoms with Gasteiger partial charge in [0.1, 0.15) is 12.6 Å². The maximum Gasteiger partial charge on any atom is 0.329 e. The van der Waals surface area contributed by atoms with E-state index >= 15 is 0 Å². The Labute approximate surface area is 137 Å². The van der Waals surface area contributed by atoms with Crippen LogP contribution < -0.4 is 5.73 Å². The van der Waals surface area contributed by atoms with Crippen LogP contribution in [0, 0.1) is 5.92 Å². The Kier molecular flexibility index (Phi) is 6.16. The van der Waals surface area contributed by atoms with Gasteiger partial charge in [-0.2, -0.15) is 0 Å². The quantitative estimate of drug-likeness (QED) is 0.815. The van der Waals surface area contributed by atoms with Crippen molar-refractivity contribution in [2.45, 2.75) is 51.8 Å². The van der Waals surface area contributed by atoms with Crippen molar-refractivity contribution in [2.24, 2.45) is 11.7 Å². The van der Waals surface area contributed by atoms with Gasteiger partial charge in [0.05, 0.1) is 6.04 Å². The van der Waals surface area contributed by atoms with Crippen LogP contribution in [0.25, 0.3) is 0 Å². The van der Waals surface area contributed by atoms with Gasteiger partial charge >= 0.3 is 5.97 Å². The van der Waals surface area contributed by atoms with Gasteiger partial charge in [0.2, 0.25) is 5.91 Å². The van der Waals surface area contributed by atoms with Crippen molar-refractivity contribution in [3.63, 3.8) is 0 Å². The first-order valence-corrected chi connectivity index (χ1v) is 8.25. The van der Waals surface area contributed by atoms with E-state index in [0.29, 0.717) is 25.3 Å². The molecule has 0 radical (unpaired) electrons. The van der Waals surface area contributed by atoms with Gasteiger partial charge in [0.15, 0.2) is 0 Å². The maximum absolute atomic E-state index is 12.5. The molecular formula is C18H26N2O3. The molecule has 0 aromatic heterocycles. The molecule has 23 heavy (non-hydrogen) atoms. The molecule has 1 aromatic rings. The molecule has 0 spiro atoms. The summed E-state index contributed by atoms with van der Waals surface area (Å²) in [4.78, 5) is 26.4. The fourth-order valence-corrected chi connectivity index (χ4v) is 2.92. The SMILES string of the molecule is CC(C)C[C@H](N)C(=O)N1CCC[C@H]1C(=O)OCc1ccccc1. The minimum absolute atomic E-state index is 0.141.